The van der Waals surface area contributed by atoms with Gasteiger partial charge < -0.3 is 19.0 Å². The normalized spacial score (nSPS) is 10.3. The molecule has 5 heteroatoms. The Balaban J connectivity index is 2.01. The monoisotopic (exact) mass is 276 g/mol. The molecule has 1 N–H and O–H groups in total. The molecule has 0 amide bonds. The molecule has 106 valence electrons. The van der Waals surface area contributed by atoms with E-state index in [0.717, 1.165) is 5.56 Å². The first-order valence-electron chi connectivity index (χ1n) is 6.14. The van der Waals surface area contributed by atoms with Gasteiger partial charge in [0, 0.05) is 5.56 Å². The van der Waals surface area contributed by atoms with Crippen LogP contribution in [0.2, 0.25) is 0 Å². The molecule has 2 rings (SSSR count). The SMILES string of the molecule is COC(=O)c1oc(COc2ccc(CO)cc2)cc1C. The average Bonchev–Trinajstić information content (AvgIpc) is 2.86. The molecule has 0 bridgehead atoms. The molecule has 0 atom stereocenters. The molecule has 5 nitrogen and oxygen atoms in total. The van der Waals surface area contributed by atoms with Crippen molar-refractivity contribution in [3.63, 3.8) is 0 Å². The van der Waals surface area contributed by atoms with Gasteiger partial charge in [-0.05, 0) is 30.7 Å². The quantitative estimate of drug-likeness (QED) is 0.849. The van der Waals surface area contributed by atoms with Crippen molar-refractivity contribution in [2.75, 3.05) is 7.11 Å². The molecule has 0 aliphatic heterocycles. The largest absolute Gasteiger partial charge is 0.486 e. The molecule has 20 heavy (non-hydrogen) atoms. The van der Waals surface area contributed by atoms with Gasteiger partial charge in [-0.15, -0.1) is 0 Å². The number of ether oxygens (including phenoxy) is 2. The van der Waals surface area contributed by atoms with Gasteiger partial charge in [0.05, 0.1) is 13.7 Å². The fraction of sp³-hybridized carbons (Fsp3) is 0.267. The van der Waals surface area contributed by atoms with Gasteiger partial charge in [-0.1, -0.05) is 12.1 Å². The van der Waals surface area contributed by atoms with Gasteiger partial charge in [-0.3, -0.25) is 0 Å². The summed E-state index contributed by atoms with van der Waals surface area (Å²) in [6, 6.07) is 8.84. The van der Waals surface area contributed by atoms with Gasteiger partial charge in [0.1, 0.15) is 18.1 Å². The lowest BCUT2D eigenvalue weighted by molar-refractivity contribution is 0.0560. The molecule has 1 aromatic heterocycles. The standard InChI is InChI=1S/C15H16O5/c1-10-7-13(20-14(10)15(17)18-2)9-19-12-5-3-11(8-16)4-6-12/h3-7,16H,8-9H2,1-2H3. The number of aliphatic hydroxyl groups is 1. The lowest BCUT2D eigenvalue weighted by atomic mass is 10.2. The molecule has 0 radical (unpaired) electrons. The van der Waals surface area contributed by atoms with Crippen LogP contribution in [-0.2, 0) is 18.0 Å². The summed E-state index contributed by atoms with van der Waals surface area (Å²) in [6.45, 7) is 1.99. The van der Waals surface area contributed by atoms with Crippen molar-refractivity contribution in [1.29, 1.82) is 0 Å². The fourth-order valence-electron chi connectivity index (χ4n) is 1.76. The number of hydrogen-bond donors (Lipinski definition) is 1. The molecule has 0 aliphatic rings. The Bertz CT molecular complexity index is 583. The summed E-state index contributed by atoms with van der Waals surface area (Å²) in [5.41, 5.74) is 1.53. The van der Waals surface area contributed by atoms with Crippen LogP contribution in [0.1, 0.15) is 27.4 Å². The number of furan rings is 1. The van der Waals surface area contributed by atoms with Crippen molar-refractivity contribution >= 4 is 5.97 Å². The summed E-state index contributed by atoms with van der Waals surface area (Å²) in [5.74, 6) is 0.910. The van der Waals surface area contributed by atoms with Crippen LogP contribution >= 0.6 is 0 Å². The lowest BCUT2D eigenvalue weighted by Crippen LogP contribution is -2.00. The highest BCUT2D eigenvalue weighted by Gasteiger charge is 2.16. The predicted molar refractivity (Wildman–Crippen MR) is 71.5 cm³/mol. The molecule has 2 aromatic rings. The summed E-state index contributed by atoms with van der Waals surface area (Å²) in [7, 11) is 1.31. The van der Waals surface area contributed by atoms with Crippen molar-refractivity contribution in [2.24, 2.45) is 0 Å². The van der Waals surface area contributed by atoms with Crippen LogP contribution in [-0.4, -0.2) is 18.2 Å². The molecule has 0 spiro atoms. The molecular weight excluding hydrogens is 260 g/mol. The maximum Gasteiger partial charge on any atom is 0.374 e. The van der Waals surface area contributed by atoms with E-state index in [1.165, 1.54) is 7.11 Å². The molecule has 0 saturated heterocycles. The molecule has 0 saturated carbocycles. The summed E-state index contributed by atoms with van der Waals surface area (Å²) in [5, 5.41) is 8.95. The number of aryl methyl sites for hydroxylation is 1. The molecule has 0 aliphatic carbocycles. The van der Waals surface area contributed by atoms with Crippen molar-refractivity contribution in [3.8, 4) is 5.75 Å². The van der Waals surface area contributed by atoms with E-state index in [2.05, 4.69) is 4.74 Å². The van der Waals surface area contributed by atoms with Crippen molar-refractivity contribution < 1.29 is 23.8 Å². The minimum atomic E-state index is -0.499. The first-order valence-corrected chi connectivity index (χ1v) is 6.14. The van der Waals surface area contributed by atoms with Gasteiger partial charge in [-0.25, -0.2) is 4.79 Å². The Morgan fingerprint density at radius 3 is 2.60 bits per heavy atom. The zero-order chi connectivity index (χ0) is 14.5. The first kappa shape index (κ1) is 14.1. The number of rotatable bonds is 5. The van der Waals surface area contributed by atoms with Crippen molar-refractivity contribution in [1.82, 2.24) is 0 Å². The Labute approximate surface area is 116 Å². The Morgan fingerprint density at radius 2 is 2.00 bits per heavy atom. The van der Waals surface area contributed by atoms with E-state index in [0.29, 0.717) is 17.1 Å². The van der Waals surface area contributed by atoms with Crippen molar-refractivity contribution in [2.45, 2.75) is 20.1 Å². The molecular formula is C15H16O5. The molecule has 0 fully saturated rings. The number of carbonyl (C=O) groups is 1. The molecule has 0 unspecified atom stereocenters. The van der Waals surface area contributed by atoms with Gasteiger partial charge in [0.25, 0.3) is 0 Å². The minimum Gasteiger partial charge on any atom is -0.486 e. The van der Waals surface area contributed by atoms with Gasteiger partial charge in [0.2, 0.25) is 5.76 Å². The zero-order valence-corrected chi connectivity index (χ0v) is 11.4. The van der Waals surface area contributed by atoms with E-state index >= 15 is 0 Å². The number of hydrogen-bond acceptors (Lipinski definition) is 5. The van der Waals surface area contributed by atoms with E-state index in [1.54, 1.807) is 37.3 Å². The second kappa shape index (κ2) is 6.25. The third kappa shape index (κ3) is 3.19. The maximum atomic E-state index is 11.4. The summed E-state index contributed by atoms with van der Waals surface area (Å²) in [6.07, 6.45) is 0. The minimum absolute atomic E-state index is 0.000147. The highest BCUT2D eigenvalue weighted by atomic mass is 16.5. The van der Waals surface area contributed by atoms with Gasteiger partial charge in [0.15, 0.2) is 0 Å². The second-order valence-corrected chi connectivity index (χ2v) is 4.31. The first-order chi connectivity index (χ1) is 9.63. The second-order valence-electron chi connectivity index (χ2n) is 4.31. The Morgan fingerprint density at radius 1 is 1.30 bits per heavy atom. The van der Waals surface area contributed by atoms with Crippen LogP contribution in [0.15, 0.2) is 34.7 Å². The van der Waals surface area contributed by atoms with E-state index in [1.807, 2.05) is 0 Å². The number of esters is 1. The van der Waals surface area contributed by atoms with Crippen LogP contribution in [0.5, 0.6) is 5.75 Å². The Hall–Kier alpha value is -2.27. The highest BCUT2D eigenvalue weighted by Crippen LogP contribution is 2.19. The summed E-state index contributed by atoms with van der Waals surface area (Å²) in [4.78, 5) is 11.4. The average molecular weight is 276 g/mol. The predicted octanol–water partition coefficient (Wildman–Crippen LogP) is 2.45. The smallest absolute Gasteiger partial charge is 0.374 e. The van der Waals surface area contributed by atoms with Crippen molar-refractivity contribution in [3.05, 3.63) is 53.0 Å². The maximum absolute atomic E-state index is 11.4. The Kier molecular flexibility index (Phi) is 4.42. The van der Waals surface area contributed by atoms with Crippen LogP contribution in [0.4, 0.5) is 0 Å². The van der Waals surface area contributed by atoms with Gasteiger partial charge >= 0.3 is 5.97 Å². The lowest BCUT2D eigenvalue weighted by Gasteiger charge is -2.04. The third-order valence-electron chi connectivity index (χ3n) is 2.83. The number of methoxy groups -OCH3 is 1. The topological polar surface area (TPSA) is 68.9 Å². The number of carbonyl (C=O) groups excluding carboxylic acids is 1. The summed E-state index contributed by atoms with van der Waals surface area (Å²) >= 11 is 0. The van der Waals surface area contributed by atoms with E-state index in [4.69, 9.17) is 14.3 Å². The van der Waals surface area contributed by atoms with Crippen LogP contribution in [0.25, 0.3) is 0 Å². The van der Waals surface area contributed by atoms with Crippen LogP contribution in [0, 0.1) is 6.92 Å². The highest BCUT2D eigenvalue weighted by molar-refractivity contribution is 5.87. The summed E-state index contributed by atoms with van der Waals surface area (Å²) < 4.78 is 15.6. The third-order valence-corrected chi connectivity index (χ3v) is 2.83. The molecule has 1 heterocycles. The zero-order valence-electron chi connectivity index (χ0n) is 11.4. The van der Waals surface area contributed by atoms with Crippen LogP contribution in [0.3, 0.4) is 0 Å². The molecule has 1 aromatic carbocycles. The van der Waals surface area contributed by atoms with Gasteiger partial charge in [-0.2, -0.15) is 0 Å². The van der Waals surface area contributed by atoms with Crippen LogP contribution < -0.4 is 4.74 Å². The number of benzene rings is 1. The number of aliphatic hydroxyl groups excluding tert-OH is 1. The van der Waals surface area contributed by atoms with E-state index in [-0.39, 0.29) is 19.0 Å². The van der Waals surface area contributed by atoms with E-state index < -0.39 is 5.97 Å². The fourth-order valence-corrected chi connectivity index (χ4v) is 1.76. The van der Waals surface area contributed by atoms with E-state index in [9.17, 15) is 4.79 Å².